The van der Waals surface area contributed by atoms with Gasteiger partial charge >= 0.3 is 0 Å². The molecule has 0 aliphatic heterocycles. The Hall–Kier alpha value is -2.28. The van der Waals surface area contributed by atoms with E-state index in [1.54, 1.807) is 12.1 Å². The molecule has 0 aliphatic carbocycles. The van der Waals surface area contributed by atoms with E-state index in [1.165, 1.54) is 12.1 Å². The molecule has 0 spiro atoms. The van der Waals surface area contributed by atoms with E-state index in [1.807, 2.05) is 19.9 Å². The summed E-state index contributed by atoms with van der Waals surface area (Å²) in [6, 6.07) is 7.92. The van der Waals surface area contributed by atoms with Gasteiger partial charge in [0.05, 0.1) is 0 Å². The number of aryl methyl sites for hydroxylation is 1. The summed E-state index contributed by atoms with van der Waals surface area (Å²) in [6.07, 6.45) is 0. The maximum absolute atomic E-state index is 12.8. The van der Waals surface area contributed by atoms with Crippen molar-refractivity contribution >= 4 is 0 Å². The molecule has 0 unspecified atom stereocenters. The van der Waals surface area contributed by atoms with E-state index in [4.69, 9.17) is 5.26 Å². The summed E-state index contributed by atoms with van der Waals surface area (Å²) in [6.45, 7) is 3.63. The van der Waals surface area contributed by atoms with Gasteiger partial charge in [-0.05, 0) is 38.1 Å². The van der Waals surface area contributed by atoms with E-state index < -0.39 is 0 Å². The van der Waals surface area contributed by atoms with Crippen LogP contribution in [0.4, 0.5) is 4.39 Å². The highest BCUT2D eigenvalue weighted by atomic mass is 19.1. The molecule has 0 amide bonds. The predicted molar refractivity (Wildman–Crippen MR) is 61.6 cm³/mol. The van der Waals surface area contributed by atoms with Crippen LogP contribution in [0.25, 0.3) is 11.4 Å². The molecule has 84 valence electrons. The topological polar surface area (TPSA) is 49.6 Å². The molecule has 0 bridgehead atoms. The monoisotopic (exact) mass is 227 g/mol. The standard InChI is InChI=1S/C13H10FN3/c1-8-9(2)16-13(17-12(8)7-15)10-3-5-11(14)6-4-10/h3-6H,1-2H3. The molecular formula is C13H10FN3. The molecular weight excluding hydrogens is 217 g/mol. The number of aromatic nitrogens is 2. The van der Waals surface area contributed by atoms with Gasteiger partial charge in [-0.1, -0.05) is 0 Å². The molecule has 3 nitrogen and oxygen atoms in total. The van der Waals surface area contributed by atoms with Crippen LogP contribution in [-0.4, -0.2) is 9.97 Å². The lowest BCUT2D eigenvalue weighted by molar-refractivity contribution is 0.628. The highest BCUT2D eigenvalue weighted by Gasteiger charge is 2.09. The van der Waals surface area contributed by atoms with E-state index in [2.05, 4.69) is 9.97 Å². The lowest BCUT2D eigenvalue weighted by Crippen LogP contribution is -1.99. The predicted octanol–water partition coefficient (Wildman–Crippen LogP) is 2.77. The molecule has 1 heterocycles. The summed E-state index contributed by atoms with van der Waals surface area (Å²) in [4.78, 5) is 8.45. The van der Waals surface area contributed by atoms with Crippen molar-refractivity contribution in [2.45, 2.75) is 13.8 Å². The van der Waals surface area contributed by atoms with Gasteiger partial charge in [0.15, 0.2) is 5.82 Å². The van der Waals surface area contributed by atoms with Gasteiger partial charge in [0.1, 0.15) is 17.6 Å². The number of hydrogen-bond acceptors (Lipinski definition) is 3. The molecule has 0 fully saturated rings. The molecule has 0 aliphatic rings. The Morgan fingerprint density at radius 3 is 2.35 bits per heavy atom. The third-order valence-electron chi connectivity index (χ3n) is 2.60. The second-order valence-electron chi connectivity index (χ2n) is 3.72. The first-order chi connectivity index (χ1) is 8.11. The summed E-state index contributed by atoms with van der Waals surface area (Å²) in [5, 5.41) is 8.96. The zero-order chi connectivity index (χ0) is 12.4. The molecule has 4 heteroatoms. The van der Waals surface area contributed by atoms with Crippen molar-refractivity contribution < 1.29 is 4.39 Å². The first-order valence-electron chi connectivity index (χ1n) is 5.13. The van der Waals surface area contributed by atoms with Crippen LogP contribution in [0.5, 0.6) is 0 Å². The van der Waals surface area contributed by atoms with Crippen LogP contribution < -0.4 is 0 Å². The second-order valence-corrected chi connectivity index (χ2v) is 3.72. The van der Waals surface area contributed by atoms with E-state index in [-0.39, 0.29) is 5.82 Å². The minimum absolute atomic E-state index is 0.307. The summed E-state index contributed by atoms with van der Waals surface area (Å²) in [7, 11) is 0. The summed E-state index contributed by atoms with van der Waals surface area (Å²) in [5.74, 6) is 0.141. The van der Waals surface area contributed by atoms with E-state index in [0.29, 0.717) is 17.1 Å². The first-order valence-corrected chi connectivity index (χ1v) is 5.13. The van der Waals surface area contributed by atoms with Crippen LogP contribution in [0, 0.1) is 31.0 Å². The van der Waals surface area contributed by atoms with Gasteiger partial charge in [0.25, 0.3) is 0 Å². The Kier molecular flexibility index (Phi) is 2.84. The quantitative estimate of drug-likeness (QED) is 0.752. The lowest BCUT2D eigenvalue weighted by Gasteiger charge is -2.05. The largest absolute Gasteiger partial charge is 0.233 e. The molecule has 2 rings (SSSR count). The number of nitriles is 1. The van der Waals surface area contributed by atoms with Crippen molar-refractivity contribution in [2.75, 3.05) is 0 Å². The molecule has 17 heavy (non-hydrogen) atoms. The number of benzene rings is 1. The molecule has 1 aromatic carbocycles. The number of nitrogens with zero attached hydrogens (tertiary/aromatic N) is 3. The Balaban J connectivity index is 2.57. The van der Waals surface area contributed by atoms with Gasteiger partial charge in [-0.15, -0.1) is 0 Å². The fourth-order valence-electron chi connectivity index (χ4n) is 1.47. The second kappa shape index (κ2) is 4.30. The van der Waals surface area contributed by atoms with Crippen LogP contribution >= 0.6 is 0 Å². The van der Waals surface area contributed by atoms with Gasteiger partial charge in [-0.2, -0.15) is 5.26 Å². The van der Waals surface area contributed by atoms with Crippen molar-refractivity contribution in [3.05, 3.63) is 47.0 Å². The van der Waals surface area contributed by atoms with Gasteiger partial charge in [0, 0.05) is 16.8 Å². The fraction of sp³-hybridized carbons (Fsp3) is 0.154. The van der Waals surface area contributed by atoms with Crippen molar-refractivity contribution in [1.82, 2.24) is 9.97 Å². The first kappa shape index (κ1) is 11.2. The third-order valence-corrected chi connectivity index (χ3v) is 2.60. The molecule has 0 saturated heterocycles. The Bertz CT molecular complexity index is 597. The smallest absolute Gasteiger partial charge is 0.160 e. The Morgan fingerprint density at radius 2 is 1.76 bits per heavy atom. The molecule has 1 aromatic heterocycles. The average molecular weight is 227 g/mol. The molecule has 0 radical (unpaired) electrons. The summed E-state index contributed by atoms with van der Waals surface area (Å²) in [5.41, 5.74) is 2.59. The van der Waals surface area contributed by atoms with Crippen LogP contribution in [0.3, 0.4) is 0 Å². The van der Waals surface area contributed by atoms with Crippen molar-refractivity contribution in [3.63, 3.8) is 0 Å². The molecule has 0 atom stereocenters. The zero-order valence-electron chi connectivity index (χ0n) is 9.53. The SMILES string of the molecule is Cc1nc(-c2ccc(F)cc2)nc(C#N)c1C. The van der Waals surface area contributed by atoms with E-state index in [9.17, 15) is 4.39 Å². The number of hydrogen-bond donors (Lipinski definition) is 0. The zero-order valence-corrected chi connectivity index (χ0v) is 9.53. The number of halogens is 1. The maximum atomic E-state index is 12.8. The minimum Gasteiger partial charge on any atom is -0.233 e. The average Bonchev–Trinajstić information content (AvgIpc) is 2.33. The molecule has 0 saturated carbocycles. The van der Waals surface area contributed by atoms with E-state index in [0.717, 1.165) is 11.3 Å². The van der Waals surface area contributed by atoms with Crippen LogP contribution in [-0.2, 0) is 0 Å². The third kappa shape index (κ3) is 2.13. The lowest BCUT2D eigenvalue weighted by atomic mass is 10.1. The normalized spacial score (nSPS) is 10.0. The van der Waals surface area contributed by atoms with Crippen LogP contribution in [0.2, 0.25) is 0 Å². The van der Waals surface area contributed by atoms with Crippen molar-refractivity contribution in [3.8, 4) is 17.5 Å². The van der Waals surface area contributed by atoms with Gasteiger partial charge in [-0.3, -0.25) is 0 Å². The Labute approximate surface area is 98.6 Å². The van der Waals surface area contributed by atoms with E-state index >= 15 is 0 Å². The van der Waals surface area contributed by atoms with Crippen LogP contribution in [0.1, 0.15) is 17.0 Å². The highest BCUT2D eigenvalue weighted by molar-refractivity contribution is 5.56. The minimum atomic E-state index is -0.307. The van der Waals surface area contributed by atoms with Gasteiger partial charge in [-0.25, -0.2) is 14.4 Å². The van der Waals surface area contributed by atoms with Crippen LogP contribution in [0.15, 0.2) is 24.3 Å². The maximum Gasteiger partial charge on any atom is 0.160 e. The number of rotatable bonds is 1. The van der Waals surface area contributed by atoms with Crippen molar-refractivity contribution in [2.24, 2.45) is 0 Å². The molecule has 0 N–H and O–H groups in total. The van der Waals surface area contributed by atoms with Crippen molar-refractivity contribution in [1.29, 1.82) is 5.26 Å². The summed E-state index contributed by atoms with van der Waals surface area (Å²) < 4.78 is 12.8. The molecule has 2 aromatic rings. The highest BCUT2D eigenvalue weighted by Crippen LogP contribution is 2.18. The summed E-state index contributed by atoms with van der Waals surface area (Å²) >= 11 is 0. The van der Waals surface area contributed by atoms with Gasteiger partial charge in [0.2, 0.25) is 0 Å². The Morgan fingerprint density at radius 1 is 1.12 bits per heavy atom. The van der Waals surface area contributed by atoms with Gasteiger partial charge < -0.3 is 0 Å². The fourth-order valence-corrected chi connectivity index (χ4v) is 1.47.